The lowest BCUT2D eigenvalue weighted by Gasteiger charge is -2.07. The molecule has 98 valence electrons. The van der Waals surface area contributed by atoms with Crippen LogP contribution >= 0.6 is 15.9 Å². The Morgan fingerprint density at radius 2 is 1.95 bits per heavy atom. The number of rotatable bonds is 3. The molecule has 0 aliphatic heterocycles. The van der Waals surface area contributed by atoms with E-state index in [9.17, 15) is 14.9 Å². The summed E-state index contributed by atoms with van der Waals surface area (Å²) >= 11 is 3.34. The molecule has 5 nitrogen and oxygen atoms in total. The zero-order chi connectivity index (χ0) is 14.0. The molecule has 6 heteroatoms. The third-order valence-corrected chi connectivity index (χ3v) is 3.17. The van der Waals surface area contributed by atoms with Crippen LogP contribution in [0.3, 0.4) is 0 Å². The lowest BCUT2D eigenvalue weighted by atomic mass is 10.2. The summed E-state index contributed by atoms with van der Waals surface area (Å²) in [6.07, 6.45) is 1.71. The highest BCUT2D eigenvalue weighted by atomic mass is 79.9. The molecule has 2 aromatic rings. The van der Waals surface area contributed by atoms with E-state index in [1.807, 2.05) is 0 Å². The predicted octanol–water partition coefficient (Wildman–Crippen LogP) is 2.88. The SMILES string of the molecule is Cc1cc(Br)cn(Cc2ccc([N+](=O)[O-])cc2)c1=O. The monoisotopic (exact) mass is 322 g/mol. The quantitative estimate of drug-likeness (QED) is 0.644. The molecule has 1 aromatic heterocycles. The van der Waals surface area contributed by atoms with Crippen LogP contribution in [0.4, 0.5) is 5.69 Å². The van der Waals surface area contributed by atoms with Gasteiger partial charge in [0, 0.05) is 28.4 Å². The molecule has 0 amide bonds. The van der Waals surface area contributed by atoms with Gasteiger partial charge in [0.2, 0.25) is 0 Å². The maximum Gasteiger partial charge on any atom is 0.269 e. The van der Waals surface area contributed by atoms with E-state index in [2.05, 4.69) is 15.9 Å². The second-order valence-corrected chi connectivity index (χ2v) is 5.11. The fourth-order valence-corrected chi connectivity index (χ4v) is 2.37. The molecule has 0 aliphatic carbocycles. The van der Waals surface area contributed by atoms with Crippen molar-refractivity contribution in [1.29, 1.82) is 0 Å². The maximum absolute atomic E-state index is 11.9. The highest BCUT2D eigenvalue weighted by molar-refractivity contribution is 9.10. The van der Waals surface area contributed by atoms with Gasteiger partial charge in [0.05, 0.1) is 11.5 Å². The molecule has 1 heterocycles. The molecule has 0 bridgehead atoms. The number of nitro benzene ring substituents is 1. The zero-order valence-electron chi connectivity index (χ0n) is 10.2. The third-order valence-electron chi connectivity index (χ3n) is 2.73. The molecule has 0 fully saturated rings. The minimum atomic E-state index is -0.445. The molecular weight excluding hydrogens is 312 g/mol. The number of hydrogen-bond donors (Lipinski definition) is 0. The van der Waals surface area contributed by atoms with Gasteiger partial charge < -0.3 is 4.57 Å². The van der Waals surface area contributed by atoms with E-state index < -0.39 is 4.92 Å². The van der Waals surface area contributed by atoms with Gasteiger partial charge in [0.25, 0.3) is 11.2 Å². The second-order valence-electron chi connectivity index (χ2n) is 4.20. The van der Waals surface area contributed by atoms with E-state index in [-0.39, 0.29) is 11.2 Å². The smallest absolute Gasteiger partial charge is 0.269 e. The summed E-state index contributed by atoms with van der Waals surface area (Å²) in [5.41, 5.74) is 1.46. The largest absolute Gasteiger partial charge is 0.310 e. The molecule has 19 heavy (non-hydrogen) atoms. The van der Waals surface area contributed by atoms with Crippen molar-refractivity contribution in [2.45, 2.75) is 13.5 Å². The first kappa shape index (κ1) is 13.5. The molecule has 0 N–H and O–H groups in total. The minimum Gasteiger partial charge on any atom is -0.310 e. The van der Waals surface area contributed by atoms with E-state index in [4.69, 9.17) is 0 Å². The first-order chi connectivity index (χ1) is 8.97. The maximum atomic E-state index is 11.9. The van der Waals surface area contributed by atoms with Crippen molar-refractivity contribution in [2.75, 3.05) is 0 Å². The van der Waals surface area contributed by atoms with Gasteiger partial charge in [0.15, 0.2) is 0 Å². The molecule has 0 aliphatic rings. The topological polar surface area (TPSA) is 65.1 Å². The molecule has 0 spiro atoms. The van der Waals surface area contributed by atoms with Gasteiger partial charge in [-0.15, -0.1) is 0 Å². The zero-order valence-corrected chi connectivity index (χ0v) is 11.8. The van der Waals surface area contributed by atoms with Crippen molar-refractivity contribution >= 4 is 21.6 Å². The number of benzene rings is 1. The summed E-state index contributed by atoms with van der Waals surface area (Å²) < 4.78 is 2.40. The van der Waals surface area contributed by atoms with Crippen molar-refractivity contribution in [2.24, 2.45) is 0 Å². The molecule has 0 radical (unpaired) electrons. The fraction of sp³-hybridized carbons (Fsp3) is 0.154. The number of aromatic nitrogens is 1. The average molecular weight is 323 g/mol. The standard InChI is InChI=1S/C13H11BrN2O3/c1-9-6-11(14)8-15(13(9)17)7-10-2-4-12(5-3-10)16(18)19/h2-6,8H,7H2,1H3. The summed E-state index contributed by atoms with van der Waals surface area (Å²) in [5, 5.41) is 10.6. The summed E-state index contributed by atoms with van der Waals surface area (Å²) in [6.45, 7) is 2.14. The number of aryl methyl sites for hydroxylation is 1. The van der Waals surface area contributed by atoms with Crippen LogP contribution < -0.4 is 5.56 Å². The molecule has 2 rings (SSSR count). The average Bonchev–Trinajstić information content (AvgIpc) is 2.36. The highest BCUT2D eigenvalue weighted by Crippen LogP contribution is 2.14. The van der Waals surface area contributed by atoms with E-state index in [1.165, 1.54) is 12.1 Å². The Labute approximate surface area is 117 Å². The number of nitrogens with zero attached hydrogens (tertiary/aromatic N) is 2. The normalized spacial score (nSPS) is 10.4. The first-order valence-electron chi connectivity index (χ1n) is 5.57. The van der Waals surface area contributed by atoms with Crippen molar-refractivity contribution in [3.8, 4) is 0 Å². The number of pyridine rings is 1. The van der Waals surface area contributed by atoms with Crippen LogP contribution in [0.2, 0.25) is 0 Å². The van der Waals surface area contributed by atoms with Gasteiger partial charge in [-0.05, 0) is 34.5 Å². The van der Waals surface area contributed by atoms with Crippen molar-refractivity contribution in [3.05, 3.63) is 72.6 Å². The highest BCUT2D eigenvalue weighted by Gasteiger charge is 2.06. The number of non-ortho nitro benzene ring substituents is 1. The minimum absolute atomic E-state index is 0.0431. The van der Waals surface area contributed by atoms with E-state index >= 15 is 0 Å². The number of hydrogen-bond acceptors (Lipinski definition) is 3. The Kier molecular flexibility index (Phi) is 3.80. The molecule has 0 unspecified atom stereocenters. The number of halogens is 1. The Morgan fingerprint density at radius 3 is 2.53 bits per heavy atom. The van der Waals surface area contributed by atoms with Crippen LogP contribution in [0.25, 0.3) is 0 Å². The first-order valence-corrected chi connectivity index (χ1v) is 6.36. The van der Waals surface area contributed by atoms with E-state index in [0.717, 1.165) is 10.0 Å². The Bertz CT molecular complexity index is 677. The second kappa shape index (κ2) is 5.36. The molecule has 0 saturated carbocycles. The third kappa shape index (κ3) is 3.08. The van der Waals surface area contributed by atoms with Crippen molar-refractivity contribution < 1.29 is 4.92 Å². The van der Waals surface area contributed by atoms with Gasteiger partial charge in [-0.1, -0.05) is 12.1 Å². The molecular formula is C13H11BrN2O3. The Hall–Kier alpha value is -1.95. The summed E-state index contributed by atoms with van der Waals surface area (Å²) in [4.78, 5) is 22.0. The lowest BCUT2D eigenvalue weighted by Crippen LogP contribution is -2.22. The van der Waals surface area contributed by atoms with Crippen molar-refractivity contribution in [3.63, 3.8) is 0 Å². The van der Waals surface area contributed by atoms with Crippen LogP contribution in [-0.2, 0) is 6.54 Å². The molecule has 0 atom stereocenters. The van der Waals surface area contributed by atoms with Gasteiger partial charge in [0.1, 0.15) is 0 Å². The predicted molar refractivity (Wildman–Crippen MR) is 75.3 cm³/mol. The number of nitro groups is 1. The van der Waals surface area contributed by atoms with Crippen LogP contribution in [-0.4, -0.2) is 9.49 Å². The van der Waals surface area contributed by atoms with Crippen molar-refractivity contribution in [1.82, 2.24) is 4.57 Å². The fourth-order valence-electron chi connectivity index (χ4n) is 1.78. The van der Waals surface area contributed by atoms with E-state index in [1.54, 1.807) is 35.9 Å². The van der Waals surface area contributed by atoms with E-state index in [0.29, 0.717) is 12.1 Å². The lowest BCUT2D eigenvalue weighted by molar-refractivity contribution is -0.384. The van der Waals surface area contributed by atoms with Crippen LogP contribution in [0, 0.1) is 17.0 Å². The Balaban J connectivity index is 2.31. The van der Waals surface area contributed by atoms with Gasteiger partial charge in [-0.2, -0.15) is 0 Å². The van der Waals surface area contributed by atoms with Crippen LogP contribution in [0.15, 0.2) is 45.8 Å². The Morgan fingerprint density at radius 1 is 1.32 bits per heavy atom. The molecule has 1 aromatic carbocycles. The molecule has 0 saturated heterocycles. The van der Waals surface area contributed by atoms with Gasteiger partial charge in [-0.3, -0.25) is 14.9 Å². The summed E-state index contributed by atoms with van der Waals surface area (Å²) in [7, 11) is 0. The summed E-state index contributed by atoms with van der Waals surface area (Å²) in [5.74, 6) is 0. The van der Waals surface area contributed by atoms with Gasteiger partial charge >= 0.3 is 0 Å². The van der Waals surface area contributed by atoms with Crippen LogP contribution in [0.5, 0.6) is 0 Å². The van der Waals surface area contributed by atoms with Crippen LogP contribution in [0.1, 0.15) is 11.1 Å². The summed E-state index contributed by atoms with van der Waals surface area (Å²) in [6, 6.07) is 7.94. The van der Waals surface area contributed by atoms with Gasteiger partial charge in [-0.25, -0.2) is 0 Å².